The number of thioether (sulfide) groups is 1. The van der Waals surface area contributed by atoms with E-state index in [4.69, 9.17) is 4.84 Å². The summed E-state index contributed by atoms with van der Waals surface area (Å²) in [5.41, 5.74) is 5.51. The van der Waals surface area contributed by atoms with Gasteiger partial charge >= 0.3 is 0 Å². The Labute approximate surface area is 200 Å². The summed E-state index contributed by atoms with van der Waals surface area (Å²) < 4.78 is 17.8. The Bertz CT molecular complexity index is 834. The fraction of sp³-hybridized carbons (Fsp3) is 0.500. The molecule has 0 aliphatic carbocycles. The lowest BCUT2D eigenvalue weighted by Crippen LogP contribution is -2.43. The highest BCUT2D eigenvalue weighted by Gasteiger charge is 2.14. The van der Waals surface area contributed by atoms with Crippen LogP contribution in [0.4, 0.5) is 21.5 Å². The second-order valence-electron chi connectivity index (χ2n) is 7.84. The van der Waals surface area contributed by atoms with Crippen LogP contribution in [0.2, 0.25) is 0 Å². The topological polar surface area (TPSA) is 48.6 Å². The zero-order valence-corrected chi connectivity index (χ0v) is 20.7. The molecule has 3 rings (SSSR count). The van der Waals surface area contributed by atoms with Crippen LogP contribution in [0, 0.1) is 5.82 Å². The average Bonchev–Trinajstić information content (AvgIpc) is 2.82. The molecule has 176 valence electrons. The quantitative estimate of drug-likeness (QED) is 0.133. The molecule has 1 fully saturated rings. The molecule has 0 radical (unpaired) electrons. The van der Waals surface area contributed by atoms with Gasteiger partial charge in [0, 0.05) is 55.2 Å². The number of piperazine rings is 1. The van der Waals surface area contributed by atoms with Gasteiger partial charge in [-0.25, -0.2) is 9.87 Å². The summed E-state index contributed by atoms with van der Waals surface area (Å²) in [6, 6.07) is 11.3. The first-order valence-electron chi connectivity index (χ1n) is 11.4. The normalized spacial score (nSPS) is 13.8. The molecule has 1 aliphatic rings. The van der Waals surface area contributed by atoms with Crippen LogP contribution in [0.3, 0.4) is 0 Å². The van der Waals surface area contributed by atoms with E-state index in [1.54, 1.807) is 11.8 Å². The summed E-state index contributed by atoms with van der Waals surface area (Å²) in [5.74, 6) is 1.42. The van der Waals surface area contributed by atoms with Gasteiger partial charge in [-0.15, -0.1) is 11.8 Å². The van der Waals surface area contributed by atoms with E-state index in [0.717, 1.165) is 49.7 Å². The van der Waals surface area contributed by atoms with Crippen molar-refractivity contribution in [2.75, 3.05) is 53.3 Å². The minimum Gasteiger partial charge on any atom is -0.380 e. The minimum absolute atomic E-state index is 0.214. The van der Waals surface area contributed by atoms with E-state index in [1.807, 2.05) is 30.5 Å². The van der Waals surface area contributed by atoms with Gasteiger partial charge in [0.1, 0.15) is 5.82 Å². The Morgan fingerprint density at radius 3 is 2.62 bits per heavy atom. The first-order chi connectivity index (χ1) is 15.7. The Morgan fingerprint density at radius 1 is 1.06 bits per heavy atom. The average molecular weight is 479 g/mol. The third kappa shape index (κ3) is 7.67. The molecule has 0 unspecified atom stereocenters. The van der Waals surface area contributed by atoms with Crippen molar-refractivity contribution in [2.45, 2.75) is 43.9 Å². The van der Waals surface area contributed by atoms with Crippen molar-refractivity contribution >= 4 is 40.8 Å². The molecule has 1 saturated heterocycles. The zero-order valence-electron chi connectivity index (χ0n) is 19.1. The van der Waals surface area contributed by atoms with E-state index in [9.17, 15) is 4.39 Å². The molecule has 1 aliphatic heterocycles. The monoisotopic (exact) mass is 478 g/mol. The van der Waals surface area contributed by atoms with Crippen LogP contribution >= 0.6 is 23.7 Å². The van der Waals surface area contributed by atoms with Crippen molar-refractivity contribution in [2.24, 2.45) is 0 Å². The van der Waals surface area contributed by atoms with E-state index >= 15 is 0 Å². The predicted molar refractivity (Wildman–Crippen MR) is 139 cm³/mol. The lowest BCUT2D eigenvalue weighted by Gasteiger charge is -2.30. The van der Waals surface area contributed by atoms with E-state index in [2.05, 4.69) is 33.4 Å². The van der Waals surface area contributed by atoms with E-state index in [0.29, 0.717) is 16.3 Å². The number of nitrogens with one attached hydrogen (secondary N) is 3. The number of unbranched alkanes of at least 4 members (excludes halogenated alkanes) is 4. The lowest BCUT2D eigenvalue weighted by molar-refractivity contribution is 0.406. The fourth-order valence-corrected chi connectivity index (χ4v) is 4.91. The number of halogens is 1. The maximum absolute atomic E-state index is 14.6. The van der Waals surface area contributed by atoms with Gasteiger partial charge in [0.25, 0.3) is 0 Å². The van der Waals surface area contributed by atoms with Gasteiger partial charge in [-0.05, 0) is 36.4 Å². The van der Waals surface area contributed by atoms with Crippen LogP contribution in [0.25, 0.3) is 0 Å². The van der Waals surface area contributed by atoms with Gasteiger partial charge in [-0.1, -0.05) is 44.6 Å². The Hall–Kier alpha value is -1.77. The summed E-state index contributed by atoms with van der Waals surface area (Å²) in [7, 11) is 0. The number of nitrogens with zero attached hydrogens (tertiary/aromatic N) is 1. The van der Waals surface area contributed by atoms with Crippen LogP contribution in [0.15, 0.2) is 41.3 Å². The van der Waals surface area contributed by atoms with Gasteiger partial charge in [0.15, 0.2) is 5.75 Å². The minimum atomic E-state index is -0.214. The molecular formula is C24H35FN4OS2. The summed E-state index contributed by atoms with van der Waals surface area (Å²) in [6.45, 7) is 6.09. The molecule has 2 aromatic carbocycles. The third-order valence-electron chi connectivity index (χ3n) is 5.38. The summed E-state index contributed by atoms with van der Waals surface area (Å²) in [6.07, 6.45) is 8.11. The Balaban J connectivity index is 1.58. The highest BCUT2D eigenvalue weighted by atomic mass is 32.2. The summed E-state index contributed by atoms with van der Waals surface area (Å²) in [4.78, 5) is 8.92. The molecule has 0 amide bonds. The van der Waals surface area contributed by atoms with Crippen LogP contribution in [0.5, 0.6) is 5.75 Å². The number of hydrogen-bond acceptors (Lipinski definition) is 7. The third-order valence-corrected chi connectivity index (χ3v) is 6.93. The summed E-state index contributed by atoms with van der Waals surface area (Å²) >= 11 is 3.09. The lowest BCUT2D eigenvalue weighted by atomic mass is 10.2. The molecule has 0 saturated carbocycles. The summed E-state index contributed by atoms with van der Waals surface area (Å²) in [5, 5.41) is 3.37. The first kappa shape index (κ1) is 24.9. The first-order valence-corrected chi connectivity index (χ1v) is 13.7. The molecule has 0 spiro atoms. The molecule has 3 N–H and O–H groups in total. The molecule has 0 atom stereocenters. The highest BCUT2D eigenvalue weighted by molar-refractivity contribution is 7.99. The number of hydrogen-bond donors (Lipinski definition) is 3. The van der Waals surface area contributed by atoms with Crippen molar-refractivity contribution in [1.29, 1.82) is 0 Å². The van der Waals surface area contributed by atoms with Gasteiger partial charge < -0.3 is 19.8 Å². The Morgan fingerprint density at radius 2 is 1.88 bits per heavy atom. The van der Waals surface area contributed by atoms with Crippen LogP contribution in [-0.2, 0) is 0 Å². The van der Waals surface area contributed by atoms with Gasteiger partial charge in [0.05, 0.1) is 11.4 Å². The molecule has 5 nitrogen and oxygen atoms in total. The van der Waals surface area contributed by atoms with Crippen molar-refractivity contribution in [1.82, 2.24) is 5.32 Å². The van der Waals surface area contributed by atoms with E-state index < -0.39 is 0 Å². The van der Waals surface area contributed by atoms with Crippen molar-refractivity contribution in [3.63, 3.8) is 0 Å². The predicted octanol–water partition coefficient (Wildman–Crippen LogP) is 6.39. The van der Waals surface area contributed by atoms with Crippen molar-refractivity contribution < 1.29 is 9.23 Å². The molecule has 8 heteroatoms. The van der Waals surface area contributed by atoms with E-state index in [-0.39, 0.29) is 5.82 Å². The van der Waals surface area contributed by atoms with Crippen LogP contribution < -0.4 is 25.3 Å². The highest BCUT2D eigenvalue weighted by Crippen LogP contribution is 2.32. The number of rotatable bonds is 13. The zero-order chi connectivity index (χ0) is 22.6. The molecule has 2 aromatic rings. The van der Waals surface area contributed by atoms with Crippen molar-refractivity contribution in [3.8, 4) is 5.75 Å². The molecule has 32 heavy (non-hydrogen) atoms. The van der Waals surface area contributed by atoms with Crippen LogP contribution in [-0.4, -0.2) is 38.2 Å². The SMILES string of the molecule is CCCCCCCSc1ccc(NOc2cc(N3CCNCC3)ccc2NSC)cc1F. The standard InChI is InChI=1S/C24H35FN4OS2/c1-3-4-5-6-7-16-32-24-11-8-19(17-21(24)25)27-30-23-18-20(9-10-22(23)28-31-2)29-14-12-26-13-15-29/h8-11,17-18,26-28H,3-7,12-16H2,1-2H3. The van der Waals surface area contributed by atoms with Gasteiger partial charge in [-0.3, -0.25) is 0 Å². The molecule has 0 bridgehead atoms. The smallest absolute Gasteiger partial charge is 0.180 e. The Kier molecular flexibility index (Phi) is 10.6. The second kappa shape index (κ2) is 13.7. The maximum Gasteiger partial charge on any atom is 0.180 e. The fourth-order valence-electron chi connectivity index (χ4n) is 3.59. The van der Waals surface area contributed by atoms with Gasteiger partial charge in [-0.2, -0.15) is 0 Å². The van der Waals surface area contributed by atoms with Gasteiger partial charge in [0.2, 0.25) is 0 Å². The molecule has 1 heterocycles. The maximum atomic E-state index is 14.6. The number of benzene rings is 2. The number of anilines is 3. The second-order valence-corrected chi connectivity index (χ2v) is 9.58. The van der Waals surface area contributed by atoms with E-state index in [1.165, 1.54) is 43.7 Å². The molecular weight excluding hydrogens is 443 g/mol. The molecule has 0 aromatic heterocycles. The van der Waals surface area contributed by atoms with Crippen LogP contribution in [0.1, 0.15) is 39.0 Å². The van der Waals surface area contributed by atoms with Crippen molar-refractivity contribution in [3.05, 3.63) is 42.2 Å². The largest absolute Gasteiger partial charge is 0.380 e.